The molecule has 1 aromatic carbocycles. The molecule has 0 saturated carbocycles. The van der Waals surface area contributed by atoms with E-state index >= 15 is 0 Å². The van der Waals surface area contributed by atoms with Gasteiger partial charge in [-0.1, -0.05) is 6.07 Å². The molecule has 1 amide bonds. The van der Waals surface area contributed by atoms with Gasteiger partial charge < -0.3 is 62.5 Å². The summed E-state index contributed by atoms with van der Waals surface area (Å²) in [7, 11) is 0. The fourth-order valence-electron chi connectivity index (χ4n) is 3.67. The standard InChI is InChI=1S/C33H55NO15/c1-2-39-7-8-41-11-12-43-15-16-45-19-20-47-23-24-49-26-25-48-22-21-46-18-17-44-14-13-42-10-9-40-6-5-34-32(36)29-3-4-30(28-35)31(27-29)33(37)38/h3-4,27-28H,2,5-26H2,1H3,(H,34,36)(H,37,38). The van der Waals surface area contributed by atoms with E-state index in [1.807, 2.05) is 6.92 Å². The van der Waals surface area contributed by atoms with Crippen LogP contribution in [0.15, 0.2) is 18.2 Å². The summed E-state index contributed by atoms with van der Waals surface area (Å²) in [5.41, 5.74) is -0.0693. The average molecular weight is 706 g/mol. The Morgan fingerprint density at radius 3 is 1.18 bits per heavy atom. The lowest BCUT2D eigenvalue weighted by Crippen LogP contribution is -2.28. The highest BCUT2D eigenvalue weighted by Gasteiger charge is 2.14. The van der Waals surface area contributed by atoms with Gasteiger partial charge in [-0.15, -0.1) is 0 Å². The second-order valence-corrected chi connectivity index (χ2v) is 9.80. The maximum Gasteiger partial charge on any atom is 0.336 e. The SMILES string of the molecule is CCOCCOCCOCCOCCOCCOCCOCCOCCOCCOCCOCCNC(=O)c1ccc(C=O)c(C(=O)O)c1. The number of carbonyl (C=O) groups is 3. The van der Waals surface area contributed by atoms with Crippen molar-refractivity contribution in [2.45, 2.75) is 6.92 Å². The number of aromatic carboxylic acids is 1. The summed E-state index contributed by atoms with van der Waals surface area (Å²) in [6, 6.07) is 3.86. The highest BCUT2D eigenvalue weighted by molar-refractivity contribution is 6.01. The van der Waals surface area contributed by atoms with Crippen molar-refractivity contribution in [3.05, 3.63) is 34.9 Å². The van der Waals surface area contributed by atoms with E-state index in [2.05, 4.69) is 5.32 Å². The molecule has 0 radical (unpaired) electrons. The molecule has 0 aromatic heterocycles. The number of rotatable bonds is 37. The van der Waals surface area contributed by atoms with Crippen LogP contribution in [0.4, 0.5) is 0 Å². The van der Waals surface area contributed by atoms with Gasteiger partial charge in [0.1, 0.15) is 0 Å². The number of hydrogen-bond donors (Lipinski definition) is 2. The average Bonchev–Trinajstić information content (AvgIpc) is 3.11. The maximum atomic E-state index is 12.2. The van der Waals surface area contributed by atoms with Gasteiger partial charge in [-0.05, 0) is 19.1 Å². The summed E-state index contributed by atoms with van der Waals surface area (Å²) in [6.45, 7) is 12.7. The van der Waals surface area contributed by atoms with Gasteiger partial charge in [0.2, 0.25) is 0 Å². The third-order valence-corrected chi connectivity index (χ3v) is 6.13. The van der Waals surface area contributed by atoms with Crippen molar-refractivity contribution in [3.63, 3.8) is 0 Å². The molecule has 0 heterocycles. The minimum Gasteiger partial charge on any atom is -0.478 e. The lowest BCUT2D eigenvalue weighted by molar-refractivity contribution is -0.0273. The molecular formula is C33H55NO15. The van der Waals surface area contributed by atoms with E-state index in [0.29, 0.717) is 145 Å². The number of carboxylic acid groups (broad SMARTS) is 1. The van der Waals surface area contributed by atoms with Crippen LogP contribution in [0.3, 0.4) is 0 Å². The van der Waals surface area contributed by atoms with E-state index in [1.54, 1.807) is 0 Å². The van der Waals surface area contributed by atoms with Crippen LogP contribution in [0, 0.1) is 0 Å². The molecule has 49 heavy (non-hydrogen) atoms. The van der Waals surface area contributed by atoms with Crippen molar-refractivity contribution in [2.75, 3.05) is 152 Å². The second kappa shape index (κ2) is 33.9. The largest absolute Gasteiger partial charge is 0.478 e. The minimum absolute atomic E-state index is 0.00784. The zero-order valence-corrected chi connectivity index (χ0v) is 28.7. The van der Waals surface area contributed by atoms with Gasteiger partial charge in [0, 0.05) is 24.3 Å². The molecule has 0 aliphatic heterocycles. The fraction of sp³-hybridized carbons (Fsp3) is 0.727. The quantitative estimate of drug-likeness (QED) is 0.0741. The fourth-order valence-corrected chi connectivity index (χ4v) is 3.67. The normalized spacial score (nSPS) is 11.2. The first-order valence-corrected chi connectivity index (χ1v) is 16.6. The number of benzene rings is 1. The molecule has 0 aliphatic carbocycles. The predicted octanol–water partition coefficient (Wildman–Crippen LogP) is 1.13. The smallest absolute Gasteiger partial charge is 0.336 e. The summed E-state index contributed by atoms with van der Waals surface area (Å²) >= 11 is 0. The molecule has 0 fully saturated rings. The lowest BCUT2D eigenvalue weighted by Gasteiger charge is -2.09. The zero-order valence-electron chi connectivity index (χ0n) is 28.7. The third kappa shape index (κ3) is 26.9. The summed E-state index contributed by atoms with van der Waals surface area (Å²) in [5.74, 6) is -1.73. The van der Waals surface area contributed by atoms with Crippen LogP contribution in [0.1, 0.15) is 38.0 Å². The van der Waals surface area contributed by atoms with Crippen LogP contribution in [-0.2, 0) is 52.1 Å². The highest BCUT2D eigenvalue weighted by atomic mass is 16.6. The summed E-state index contributed by atoms with van der Waals surface area (Å²) in [4.78, 5) is 34.3. The van der Waals surface area contributed by atoms with Crippen LogP contribution in [-0.4, -0.2) is 175 Å². The number of amides is 1. The Balaban J connectivity index is 1.73. The van der Waals surface area contributed by atoms with Gasteiger partial charge in [0.15, 0.2) is 6.29 Å². The van der Waals surface area contributed by atoms with Gasteiger partial charge in [-0.25, -0.2) is 4.79 Å². The molecule has 0 bridgehead atoms. The Hall–Kier alpha value is -2.61. The number of carboxylic acids is 1. The van der Waals surface area contributed by atoms with Gasteiger partial charge >= 0.3 is 5.97 Å². The first-order valence-electron chi connectivity index (χ1n) is 16.6. The van der Waals surface area contributed by atoms with Crippen molar-refractivity contribution in [3.8, 4) is 0 Å². The van der Waals surface area contributed by atoms with Crippen LogP contribution < -0.4 is 5.32 Å². The lowest BCUT2D eigenvalue weighted by atomic mass is 10.0. The van der Waals surface area contributed by atoms with E-state index in [-0.39, 0.29) is 29.8 Å². The monoisotopic (exact) mass is 705 g/mol. The van der Waals surface area contributed by atoms with Crippen molar-refractivity contribution < 1.29 is 71.6 Å². The number of carbonyl (C=O) groups excluding carboxylic acids is 2. The van der Waals surface area contributed by atoms with Crippen molar-refractivity contribution >= 4 is 18.2 Å². The van der Waals surface area contributed by atoms with E-state index < -0.39 is 11.9 Å². The van der Waals surface area contributed by atoms with Gasteiger partial charge in [0.05, 0.1) is 144 Å². The Morgan fingerprint density at radius 1 is 0.551 bits per heavy atom. The highest BCUT2D eigenvalue weighted by Crippen LogP contribution is 2.11. The molecule has 0 atom stereocenters. The number of ether oxygens (including phenoxy) is 11. The molecule has 0 saturated heterocycles. The molecule has 16 nitrogen and oxygen atoms in total. The Kier molecular flexibility index (Phi) is 30.7. The number of aldehydes is 1. The van der Waals surface area contributed by atoms with Gasteiger partial charge in [-0.2, -0.15) is 0 Å². The number of hydrogen-bond acceptors (Lipinski definition) is 14. The Bertz CT molecular complexity index is 953. The van der Waals surface area contributed by atoms with Crippen LogP contribution in [0.5, 0.6) is 0 Å². The predicted molar refractivity (Wildman–Crippen MR) is 176 cm³/mol. The first kappa shape index (κ1) is 44.4. The molecule has 1 aromatic rings. The number of nitrogens with one attached hydrogen (secondary N) is 1. The van der Waals surface area contributed by atoms with Crippen molar-refractivity contribution in [2.24, 2.45) is 0 Å². The van der Waals surface area contributed by atoms with E-state index in [1.165, 1.54) is 18.2 Å². The van der Waals surface area contributed by atoms with E-state index in [9.17, 15) is 14.4 Å². The molecule has 0 aliphatic rings. The molecule has 1 rings (SSSR count). The molecule has 2 N–H and O–H groups in total. The van der Waals surface area contributed by atoms with Crippen LogP contribution in [0.2, 0.25) is 0 Å². The van der Waals surface area contributed by atoms with Crippen LogP contribution in [0.25, 0.3) is 0 Å². The Labute approximate surface area is 288 Å². The summed E-state index contributed by atoms with van der Waals surface area (Å²) in [6.07, 6.45) is 0.434. The summed E-state index contributed by atoms with van der Waals surface area (Å²) in [5, 5.41) is 11.8. The second-order valence-electron chi connectivity index (χ2n) is 9.80. The molecular weight excluding hydrogens is 650 g/mol. The maximum absolute atomic E-state index is 12.2. The zero-order chi connectivity index (χ0) is 35.5. The Morgan fingerprint density at radius 2 is 0.878 bits per heavy atom. The van der Waals surface area contributed by atoms with E-state index in [0.717, 1.165) is 0 Å². The van der Waals surface area contributed by atoms with Crippen LogP contribution >= 0.6 is 0 Å². The molecule has 0 spiro atoms. The third-order valence-electron chi connectivity index (χ3n) is 6.13. The van der Waals surface area contributed by atoms with E-state index in [4.69, 9.17) is 57.2 Å². The summed E-state index contributed by atoms with van der Waals surface area (Å²) < 4.78 is 59.5. The van der Waals surface area contributed by atoms with Gasteiger partial charge in [-0.3, -0.25) is 9.59 Å². The molecule has 282 valence electrons. The van der Waals surface area contributed by atoms with Crippen molar-refractivity contribution in [1.29, 1.82) is 0 Å². The topological polar surface area (TPSA) is 185 Å². The molecule has 16 heteroatoms. The first-order chi connectivity index (χ1) is 24.1. The van der Waals surface area contributed by atoms with Crippen molar-refractivity contribution in [1.82, 2.24) is 5.32 Å². The molecule has 0 unspecified atom stereocenters. The minimum atomic E-state index is -1.28. The van der Waals surface area contributed by atoms with Gasteiger partial charge in [0.25, 0.3) is 5.91 Å².